The smallest absolute Gasteiger partial charge is 0.672 e. The minimum absolute atomic E-state index is 0. The van der Waals surface area contributed by atoms with Gasteiger partial charge in [0, 0.05) is 45.9 Å². The van der Waals surface area contributed by atoms with E-state index in [4.69, 9.17) is 70.3 Å². The topological polar surface area (TPSA) is 316 Å². The fraction of sp³-hybridized carbons (Fsp3) is 0. The first kappa shape index (κ1) is 42.9. The normalized spacial score (nSPS) is 5.45. The molecule has 22 heteroatoms. The third-order valence-electron chi connectivity index (χ3n) is 0. The van der Waals surface area contributed by atoms with Crippen LogP contribution in [0, 0.1) is 0 Å². The van der Waals surface area contributed by atoms with E-state index in [2.05, 4.69) is 0 Å². The second kappa shape index (κ2) is 37.0. The molecule has 15 nitrogen and oxygen atoms in total. The zero-order valence-corrected chi connectivity index (χ0v) is 17.3. The average Bonchev–Trinajstić information content (AvgIpc) is 1.94. The van der Waals surface area contributed by atoms with Crippen molar-refractivity contribution in [2.24, 2.45) is 0 Å². The van der Waals surface area contributed by atoms with Crippen LogP contribution in [0.2, 0.25) is 0 Å². The van der Waals surface area contributed by atoms with Gasteiger partial charge in [-0.3, -0.25) is 0 Å². The molecule has 0 atom stereocenters. The van der Waals surface area contributed by atoms with Crippen LogP contribution in [0.4, 0.5) is 0 Å². The van der Waals surface area contributed by atoms with Crippen molar-refractivity contribution in [3.63, 3.8) is 0 Å². The van der Waals surface area contributed by atoms with Crippen LogP contribution < -0.4 is 48.0 Å². The van der Waals surface area contributed by atoms with Crippen molar-refractivity contribution in [3.05, 3.63) is 0 Å². The molecule has 0 unspecified atom stereocenters. The SMILES string of the molecule is O=[Si]([O-])[O-].O=[Si]([O-])[O-].O=[Si]([O-])[O-].O=[Si]([O-])[O-].O=[Si]([O-])[O-].[V+5].[V+5]. The van der Waals surface area contributed by atoms with Gasteiger partial charge in [0.15, 0.2) is 0 Å². The van der Waals surface area contributed by atoms with Crippen molar-refractivity contribution < 1.29 is 107 Å². The van der Waals surface area contributed by atoms with Crippen LogP contribution in [-0.4, -0.2) is 45.9 Å². The molecular weight excluding hydrogens is 482 g/mol. The Bertz CT molecular complexity index is 211. The van der Waals surface area contributed by atoms with Gasteiger partial charge in [0.2, 0.25) is 0 Å². The summed E-state index contributed by atoms with van der Waals surface area (Å²) < 4.78 is 42.6. The van der Waals surface area contributed by atoms with Gasteiger partial charge in [0.1, 0.15) is 0 Å². The Kier molecular flexibility index (Phi) is 72.1. The van der Waals surface area contributed by atoms with Crippen LogP contribution >= 0.6 is 0 Å². The summed E-state index contributed by atoms with van der Waals surface area (Å²) >= 11 is 0. The number of hydrogen-bond acceptors (Lipinski definition) is 15. The van der Waals surface area contributed by atoms with Gasteiger partial charge in [-0.15, -0.1) is 0 Å². The van der Waals surface area contributed by atoms with Gasteiger partial charge in [-0.2, -0.15) is 0 Å². The van der Waals surface area contributed by atoms with Gasteiger partial charge in [-0.05, 0) is 0 Å². The van der Waals surface area contributed by atoms with Crippen LogP contribution in [-0.2, 0) is 59.4 Å². The predicted octanol–water partition coefficient (Wildman–Crippen LogP) is -14.4. The molecule has 0 aromatic rings. The van der Waals surface area contributed by atoms with Crippen LogP contribution in [0.5, 0.6) is 0 Å². The molecule has 120 valence electrons. The predicted molar refractivity (Wildman–Crippen MR) is 32.2 cm³/mol. The second-order valence-electron chi connectivity index (χ2n) is 1.25. The van der Waals surface area contributed by atoms with E-state index in [0.717, 1.165) is 0 Å². The van der Waals surface area contributed by atoms with Crippen LogP contribution in [0.3, 0.4) is 0 Å². The van der Waals surface area contributed by atoms with E-state index in [1.165, 1.54) is 0 Å². The zero-order valence-electron chi connectivity index (χ0n) is 9.52. The Morgan fingerprint density at radius 2 is 0.318 bits per heavy atom. The van der Waals surface area contributed by atoms with Gasteiger partial charge >= 0.3 is 37.1 Å². The maximum absolute atomic E-state index is 8.52. The minimum Gasteiger partial charge on any atom is -0.672 e. The molecule has 0 rings (SSSR count). The largest absolute Gasteiger partial charge is 5.00 e. The summed E-state index contributed by atoms with van der Waals surface area (Å²) in [7, 11) is -18.1. The summed E-state index contributed by atoms with van der Waals surface area (Å²) in [5.41, 5.74) is 0. The molecular formula is O15Si5V2. The van der Waals surface area contributed by atoms with Crippen molar-refractivity contribution in [3.8, 4) is 0 Å². The Balaban J connectivity index is -0.0000000250. The van der Waals surface area contributed by atoms with Gasteiger partial charge < -0.3 is 70.3 Å². The van der Waals surface area contributed by atoms with Crippen molar-refractivity contribution >= 4 is 45.9 Å². The van der Waals surface area contributed by atoms with E-state index in [-0.39, 0.29) is 37.1 Å². The summed E-state index contributed by atoms with van der Waals surface area (Å²) in [4.78, 5) is 85.2. The van der Waals surface area contributed by atoms with Crippen LogP contribution in [0.15, 0.2) is 0 Å². The zero-order chi connectivity index (χ0) is 17.9. The second-order valence-corrected chi connectivity index (χ2v) is 3.75. The third-order valence-corrected chi connectivity index (χ3v) is 0. The Morgan fingerprint density at radius 3 is 0.318 bits per heavy atom. The first-order chi connectivity index (χ1) is 8.66. The minimum atomic E-state index is -3.63. The molecule has 22 heavy (non-hydrogen) atoms. The van der Waals surface area contributed by atoms with Gasteiger partial charge in [0.05, 0.1) is 0 Å². The number of rotatable bonds is 0. The molecule has 0 N–H and O–H groups in total. The summed E-state index contributed by atoms with van der Waals surface area (Å²) in [6, 6.07) is 0. The monoisotopic (exact) mass is 482 g/mol. The molecule has 0 aromatic carbocycles. The molecule has 0 saturated carbocycles. The van der Waals surface area contributed by atoms with E-state index < -0.39 is 45.9 Å². The van der Waals surface area contributed by atoms with E-state index in [1.807, 2.05) is 0 Å². The van der Waals surface area contributed by atoms with Gasteiger partial charge in [0.25, 0.3) is 0 Å². The molecule has 0 aromatic heterocycles. The quantitative estimate of drug-likeness (QED) is 0.289. The van der Waals surface area contributed by atoms with Crippen molar-refractivity contribution in [1.29, 1.82) is 0 Å². The fourth-order valence-electron chi connectivity index (χ4n) is 0. The Labute approximate surface area is 153 Å². The molecule has 0 spiro atoms. The summed E-state index contributed by atoms with van der Waals surface area (Å²) in [5, 5.41) is 0. The first-order valence-electron chi connectivity index (χ1n) is 3.06. The van der Waals surface area contributed by atoms with Gasteiger partial charge in [-0.25, -0.2) is 0 Å². The van der Waals surface area contributed by atoms with E-state index in [9.17, 15) is 0 Å². The average molecular weight is 482 g/mol. The molecule has 0 aliphatic carbocycles. The molecule has 0 aliphatic rings. The van der Waals surface area contributed by atoms with Crippen LogP contribution in [0.25, 0.3) is 0 Å². The molecule has 0 fully saturated rings. The van der Waals surface area contributed by atoms with Crippen LogP contribution in [0.1, 0.15) is 0 Å². The third kappa shape index (κ3) is 11500. The Morgan fingerprint density at radius 1 is 0.318 bits per heavy atom. The summed E-state index contributed by atoms with van der Waals surface area (Å²) in [6.07, 6.45) is 0. The van der Waals surface area contributed by atoms with E-state index in [0.29, 0.717) is 0 Å². The Hall–Kier alpha value is -0.747. The summed E-state index contributed by atoms with van der Waals surface area (Å²) in [5.74, 6) is 0. The summed E-state index contributed by atoms with van der Waals surface area (Å²) in [6.45, 7) is 0. The molecule has 0 radical (unpaired) electrons. The van der Waals surface area contributed by atoms with Gasteiger partial charge in [-0.1, -0.05) is 0 Å². The fourth-order valence-corrected chi connectivity index (χ4v) is 0. The standard InChI is InChI=1S/5O3Si.2V/c5*1-4(2)3;;/q5*-2;2*+5. The molecule has 0 aliphatic heterocycles. The molecule has 0 amide bonds. The maximum Gasteiger partial charge on any atom is 5.00 e. The maximum atomic E-state index is 8.52. The van der Waals surface area contributed by atoms with E-state index in [1.54, 1.807) is 0 Å². The molecule has 0 saturated heterocycles. The molecule has 0 heterocycles. The molecule has 0 bridgehead atoms. The first-order valence-corrected chi connectivity index (χ1v) is 9.19. The van der Waals surface area contributed by atoms with Crippen molar-refractivity contribution in [1.82, 2.24) is 0 Å². The van der Waals surface area contributed by atoms with Crippen molar-refractivity contribution in [2.45, 2.75) is 0 Å². The van der Waals surface area contributed by atoms with E-state index >= 15 is 0 Å². The van der Waals surface area contributed by atoms with Crippen molar-refractivity contribution in [2.75, 3.05) is 0 Å². The number of hydrogen-bond donors (Lipinski definition) is 0.